The molecule has 9 amide bonds. The maximum Gasteiger partial charge on any atom is 0.325 e. The second-order valence-corrected chi connectivity index (χ2v) is 34.2. The average molecular weight is 1780 g/mol. The minimum atomic E-state index is -1.18. The van der Waals surface area contributed by atoms with Crippen molar-refractivity contribution in [2.75, 3.05) is 0 Å². The van der Waals surface area contributed by atoms with Crippen molar-refractivity contribution in [3.63, 3.8) is 0 Å². The number of hydrogen-bond acceptors (Lipinski definition) is 12. The molecule has 0 aromatic heterocycles. The SMILES string of the molecule is C[C@H](NC(=O)Cc1cc(F)cc(F)c1)C(=O)N[C@@H]1CC=C[C@@H](c2ccccc2)N(C2CCCC2)C1=O.C[C@H](NC(=O)Cc1cc(F)cc(F)c1)C(=O)N[C@H]1CC=C[C@@H](c2ccccc2)N(C2CCCC2)C1=O.C[C@H](NC(=O)Cc1cc(F)cc(F)c1)C(=O)O.N[C@@H]1CC=C[C@@H](c2ccccc2)N(C2CCCC2)C1=O.N[C@H]1CC=C[C@@H](c2ccccc2)N(C2CCCC2)C1=O. The molecule has 7 aromatic rings. The second kappa shape index (κ2) is 47.7. The fraction of sp³-hybridized carbons (Fsp3) is 0.406. The number of carboxylic acids is 1. The van der Waals surface area contributed by atoms with Gasteiger partial charge in [-0.25, -0.2) is 26.3 Å². The lowest BCUT2D eigenvalue weighted by Gasteiger charge is -2.36. The van der Waals surface area contributed by atoms with Gasteiger partial charge in [0.05, 0.1) is 55.5 Å². The number of hydrogen-bond donors (Lipinski definition) is 8. The molecule has 129 heavy (non-hydrogen) atoms. The number of carbonyl (C=O) groups is 10. The Hall–Kier alpha value is -12.3. The number of benzene rings is 7. The first-order chi connectivity index (χ1) is 62.0. The van der Waals surface area contributed by atoms with Crippen LogP contribution in [0.15, 0.2) is 225 Å². The summed E-state index contributed by atoms with van der Waals surface area (Å²) < 4.78 is 79.2. The molecule has 7 aromatic carbocycles. The zero-order chi connectivity index (χ0) is 92.2. The number of nitrogens with two attached hydrogens (primary N) is 2. The van der Waals surface area contributed by atoms with Crippen molar-refractivity contribution in [1.82, 2.24) is 46.2 Å². The van der Waals surface area contributed by atoms with Gasteiger partial charge in [-0.2, -0.15) is 0 Å². The highest BCUT2D eigenvalue weighted by Crippen LogP contribution is 2.40. The first kappa shape index (κ1) is 97.3. The summed E-state index contributed by atoms with van der Waals surface area (Å²) in [6.45, 7) is 4.32. The van der Waals surface area contributed by atoms with Gasteiger partial charge in [0.25, 0.3) is 0 Å². The average Bonchev–Trinajstić information content (AvgIpc) is 1.71. The van der Waals surface area contributed by atoms with Gasteiger partial charge in [-0.05, 0) is 173 Å². The lowest BCUT2D eigenvalue weighted by atomic mass is 10.0. The van der Waals surface area contributed by atoms with Crippen LogP contribution in [0.3, 0.4) is 0 Å². The molecule has 4 heterocycles. The molecule has 11 atom stereocenters. The van der Waals surface area contributed by atoms with Gasteiger partial charge in [0.15, 0.2) is 0 Å². The first-order valence-electron chi connectivity index (χ1n) is 44.8. The Morgan fingerprint density at radius 3 is 0.806 bits per heavy atom. The molecule has 10 N–H and O–H groups in total. The van der Waals surface area contributed by atoms with Crippen molar-refractivity contribution in [1.29, 1.82) is 0 Å². The number of carbonyl (C=O) groups excluding carboxylic acids is 9. The summed E-state index contributed by atoms with van der Waals surface area (Å²) in [6.07, 6.45) is 34.8. The maximum atomic E-state index is 13.7. The van der Waals surface area contributed by atoms with E-state index in [1.54, 1.807) is 0 Å². The molecule has 0 spiro atoms. The molecule has 4 aliphatic heterocycles. The van der Waals surface area contributed by atoms with E-state index in [9.17, 15) is 74.3 Å². The predicted octanol–water partition coefficient (Wildman–Crippen LogP) is 14.6. The van der Waals surface area contributed by atoms with Crippen LogP contribution in [0.5, 0.6) is 0 Å². The lowest BCUT2D eigenvalue weighted by molar-refractivity contribution is -0.141. The molecule has 8 aliphatic rings. The summed E-state index contributed by atoms with van der Waals surface area (Å²) in [5.41, 5.74) is 17.0. The Bertz CT molecular complexity index is 4770. The highest BCUT2D eigenvalue weighted by molar-refractivity contribution is 5.94. The molecule has 0 radical (unpaired) electrons. The molecule has 4 aliphatic carbocycles. The summed E-state index contributed by atoms with van der Waals surface area (Å²) in [5, 5.41) is 21.4. The zero-order valence-corrected chi connectivity index (χ0v) is 73.0. The van der Waals surface area contributed by atoms with E-state index in [2.05, 4.69) is 85.0 Å². The third-order valence-electron chi connectivity index (χ3n) is 24.5. The molecule has 0 bridgehead atoms. The molecule has 4 saturated carbocycles. The summed E-state index contributed by atoms with van der Waals surface area (Å²) in [7, 11) is 0. The van der Waals surface area contributed by atoms with Crippen LogP contribution in [0.2, 0.25) is 0 Å². The number of rotatable bonds is 22. The molecular weight excluding hydrogens is 1660 g/mol. The Morgan fingerprint density at radius 2 is 0.566 bits per heavy atom. The third-order valence-corrected chi connectivity index (χ3v) is 24.5. The quantitative estimate of drug-likeness (QED) is 0.0231. The number of nitrogens with one attached hydrogen (secondary N) is 5. The van der Waals surface area contributed by atoms with Crippen molar-refractivity contribution in [2.45, 2.75) is 259 Å². The standard InChI is InChI=1S/2C28H31F2N3O3.2C17H22N2O.C11H11F2NO3/c2*1-18(31-26(34)16-19-14-21(29)17-22(30)15-19)27(35)32-24-12-7-13-25(20-8-3-2-4-9-20)33(28(24)36)23-10-5-6-11-23;2*18-15-11-6-12-16(13-7-2-1-3-8-13)19(17(15)20)14-9-4-5-10-14;1-6(11(16)17)14-10(15)4-7-2-8(12)5-9(13)3-7/h2*2-4,7-9,13-15,17-18,23-25H,5-6,10-12,16H2,1H3,(H,31,34)(H,32,35);2*1-3,6-8,12,14-16H,4-5,9-11,18H2;2-3,5-6H,4H2,1H3,(H,14,15)(H,16,17)/t18-,24+,25-;18-,24-,25-;15-,16+;15-,16-;6-/m00100/s1. The van der Waals surface area contributed by atoms with E-state index in [0.29, 0.717) is 43.8 Å². The smallest absolute Gasteiger partial charge is 0.325 e. The first-order valence-corrected chi connectivity index (χ1v) is 44.8. The number of halogens is 6. The van der Waals surface area contributed by atoms with Gasteiger partial charge in [0.2, 0.25) is 53.2 Å². The van der Waals surface area contributed by atoms with Gasteiger partial charge >= 0.3 is 5.97 Å². The topological polar surface area (TPSA) is 316 Å². The summed E-state index contributed by atoms with van der Waals surface area (Å²) in [6, 6.07) is 44.2. The van der Waals surface area contributed by atoms with Crippen LogP contribution >= 0.6 is 0 Å². The van der Waals surface area contributed by atoms with Crippen molar-refractivity contribution in [3.8, 4) is 0 Å². The number of amides is 9. The molecule has 684 valence electrons. The minimum absolute atomic E-state index is 0.0420. The Labute approximate surface area is 749 Å². The normalized spacial score (nSPS) is 22.0. The maximum absolute atomic E-state index is 13.7. The molecule has 4 fully saturated rings. The van der Waals surface area contributed by atoms with Gasteiger partial charge in [0, 0.05) is 42.4 Å². The van der Waals surface area contributed by atoms with E-state index in [4.69, 9.17) is 16.6 Å². The van der Waals surface area contributed by atoms with Crippen molar-refractivity contribution < 1.29 is 79.4 Å². The van der Waals surface area contributed by atoms with E-state index in [0.717, 1.165) is 137 Å². The molecule has 15 rings (SSSR count). The lowest BCUT2D eigenvalue weighted by Crippen LogP contribution is -2.54. The van der Waals surface area contributed by atoms with Gasteiger partial charge in [-0.1, -0.05) is 221 Å². The van der Waals surface area contributed by atoms with Crippen LogP contribution in [0, 0.1) is 34.9 Å². The van der Waals surface area contributed by atoms with E-state index < -0.39 is 101 Å². The van der Waals surface area contributed by atoms with E-state index >= 15 is 0 Å². The van der Waals surface area contributed by atoms with Crippen LogP contribution in [0.25, 0.3) is 0 Å². The fourth-order valence-corrected chi connectivity index (χ4v) is 18.1. The Balaban J connectivity index is 0.000000161. The largest absolute Gasteiger partial charge is 0.480 e. The predicted molar refractivity (Wildman–Crippen MR) is 479 cm³/mol. The fourth-order valence-electron chi connectivity index (χ4n) is 18.1. The van der Waals surface area contributed by atoms with E-state index in [-0.39, 0.29) is 108 Å². The van der Waals surface area contributed by atoms with Crippen LogP contribution in [-0.4, -0.2) is 150 Å². The number of aliphatic carboxylic acids is 1. The zero-order valence-electron chi connectivity index (χ0n) is 73.0. The summed E-state index contributed by atoms with van der Waals surface area (Å²) in [4.78, 5) is 133. The van der Waals surface area contributed by atoms with Crippen molar-refractivity contribution in [2.24, 2.45) is 11.5 Å². The Morgan fingerprint density at radius 1 is 0.341 bits per heavy atom. The summed E-state index contributed by atoms with van der Waals surface area (Å²) in [5.74, 6) is -8.58. The third kappa shape index (κ3) is 27.9. The van der Waals surface area contributed by atoms with Gasteiger partial charge in [-0.15, -0.1) is 0 Å². The molecule has 0 saturated heterocycles. The number of nitrogens with zero attached hydrogens (tertiary/aromatic N) is 4. The molecule has 0 unspecified atom stereocenters. The van der Waals surface area contributed by atoms with Crippen molar-refractivity contribution in [3.05, 3.63) is 298 Å². The Kier molecular flexibility index (Phi) is 36.0. The minimum Gasteiger partial charge on any atom is -0.480 e. The highest BCUT2D eigenvalue weighted by atomic mass is 19.2. The van der Waals surface area contributed by atoms with Crippen LogP contribution in [-0.2, 0) is 67.2 Å². The number of carboxylic acid groups (broad SMARTS) is 1. The molecule has 22 nitrogen and oxygen atoms in total. The van der Waals surface area contributed by atoms with Gasteiger partial charge < -0.3 is 62.8 Å². The molecular formula is C101H117F6N11O11. The molecule has 28 heteroatoms. The monoisotopic (exact) mass is 1770 g/mol. The van der Waals surface area contributed by atoms with E-state index in [1.165, 1.54) is 57.6 Å². The van der Waals surface area contributed by atoms with Crippen LogP contribution in [0.4, 0.5) is 26.3 Å². The second-order valence-electron chi connectivity index (χ2n) is 34.2. The summed E-state index contributed by atoms with van der Waals surface area (Å²) >= 11 is 0. The van der Waals surface area contributed by atoms with E-state index in [1.807, 2.05) is 131 Å². The van der Waals surface area contributed by atoms with Gasteiger partial charge in [-0.3, -0.25) is 47.9 Å². The van der Waals surface area contributed by atoms with Crippen molar-refractivity contribution >= 4 is 59.1 Å². The highest BCUT2D eigenvalue weighted by Gasteiger charge is 2.42. The van der Waals surface area contributed by atoms with Crippen LogP contribution < -0.4 is 38.1 Å². The van der Waals surface area contributed by atoms with Crippen LogP contribution in [0.1, 0.15) is 212 Å². The van der Waals surface area contributed by atoms with Gasteiger partial charge in [0.1, 0.15) is 65.1 Å².